The van der Waals surface area contributed by atoms with Gasteiger partial charge in [0.2, 0.25) is 0 Å². The highest BCUT2D eigenvalue weighted by molar-refractivity contribution is 7.93. The summed E-state index contributed by atoms with van der Waals surface area (Å²) in [4.78, 5) is 0. The van der Waals surface area contributed by atoms with E-state index in [2.05, 4.69) is 0 Å². The summed E-state index contributed by atoms with van der Waals surface area (Å²) in [5.41, 5.74) is 19.2. The topological polar surface area (TPSA) is 191 Å². The number of hydrogen-bond donors (Lipinski definition) is 4. The van der Waals surface area contributed by atoms with Gasteiger partial charge in [0.1, 0.15) is 21.3 Å². The van der Waals surface area contributed by atoms with E-state index >= 15 is 0 Å². The standard InChI is InChI=1S/C11H17NO3S.C11H15NO3S.2C2H7N/c2*1-8-6-9(4-5-11(8)15-2)10(12)7-16(3,13)14;2*1-2-3/h4-6,10H,7,12H2,1-3H3;4-7H,12H2,1-3H3;2*2-3H2,1H3/b;10-7-;;/t10-;;;/m1.../s1/i2D3,7D2,10D;2D3;;. The molecule has 0 heterocycles. The Labute approximate surface area is 241 Å². The van der Waals surface area contributed by atoms with Gasteiger partial charge in [0.25, 0.3) is 0 Å². The molecule has 1 atom stereocenters. The molecule has 2 rings (SSSR count). The summed E-state index contributed by atoms with van der Waals surface area (Å²) >= 11 is 0. The average Bonchev–Trinajstić information content (AvgIpc) is 2.84. The molecule has 0 aliphatic carbocycles. The molecule has 8 N–H and O–H groups in total. The van der Waals surface area contributed by atoms with Gasteiger partial charge >= 0.3 is 0 Å². The van der Waals surface area contributed by atoms with E-state index in [1.807, 2.05) is 13.8 Å². The van der Waals surface area contributed by atoms with Crippen LogP contribution in [0.25, 0.3) is 5.70 Å². The van der Waals surface area contributed by atoms with E-state index < -0.39 is 45.5 Å². The Bertz CT molecular complexity index is 1540. The predicted molar refractivity (Wildman–Crippen MR) is 159 cm³/mol. The van der Waals surface area contributed by atoms with Crippen LogP contribution in [0.15, 0.2) is 41.8 Å². The van der Waals surface area contributed by atoms with Crippen LogP contribution in [-0.4, -0.2) is 62.2 Å². The smallest absolute Gasteiger partial charge is 0.170 e. The number of aryl methyl sites for hydroxylation is 2. The molecule has 0 saturated carbocycles. The first-order chi connectivity index (χ1) is 20.9. The summed E-state index contributed by atoms with van der Waals surface area (Å²) in [7, 11) is -12.8. The van der Waals surface area contributed by atoms with Gasteiger partial charge in [-0.2, -0.15) is 0 Å². The van der Waals surface area contributed by atoms with E-state index in [0.29, 0.717) is 22.9 Å². The molecular formula is C26H46N4O6S2. The van der Waals surface area contributed by atoms with Crippen molar-refractivity contribution in [2.45, 2.75) is 33.7 Å². The molecule has 0 fully saturated rings. The van der Waals surface area contributed by atoms with E-state index in [-0.39, 0.29) is 22.8 Å². The largest absolute Gasteiger partial charge is 0.496 e. The highest BCUT2D eigenvalue weighted by Gasteiger charge is 2.14. The minimum atomic E-state index is -4.26. The molecule has 2 aromatic rings. The van der Waals surface area contributed by atoms with Crippen LogP contribution >= 0.6 is 0 Å². The third-order valence-corrected chi connectivity index (χ3v) is 5.12. The summed E-state index contributed by atoms with van der Waals surface area (Å²) in [6.07, 6.45) is 1.70. The second-order valence-electron chi connectivity index (χ2n) is 7.67. The van der Waals surface area contributed by atoms with Gasteiger partial charge in [-0.05, 0) is 73.5 Å². The van der Waals surface area contributed by atoms with Crippen molar-refractivity contribution in [2.75, 3.05) is 45.4 Å². The van der Waals surface area contributed by atoms with Crippen molar-refractivity contribution in [2.24, 2.45) is 22.9 Å². The number of hydrogen-bond acceptors (Lipinski definition) is 10. The zero-order valence-corrected chi connectivity index (χ0v) is 24.2. The molecule has 2 aromatic carbocycles. The number of nitrogens with two attached hydrogens (primary N) is 4. The zero-order chi connectivity index (χ0) is 37.8. The minimum absolute atomic E-state index is 0.0134. The van der Waals surface area contributed by atoms with Crippen molar-refractivity contribution in [3.05, 3.63) is 64.1 Å². The first-order valence-electron chi connectivity index (χ1n) is 15.6. The molecule has 0 unspecified atom stereocenters. The fourth-order valence-corrected chi connectivity index (χ4v) is 3.55. The van der Waals surface area contributed by atoms with Crippen LogP contribution in [0.1, 0.15) is 54.5 Å². The van der Waals surface area contributed by atoms with Gasteiger partial charge in [-0.25, -0.2) is 16.8 Å². The molecule has 0 aromatic heterocycles. The zero-order valence-electron chi connectivity index (χ0n) is 31.5. The lowest BCUT2D eigenvalue weighted by atomic mass is 10.1. The molecule has 0 saturated heterocycles. The lowest BCUT2D eigenvalue weighted by Crippen LogP contribution is -2.20. The van der Waals surface area contributed by atoms with Gasteiger partial charge in [-0.3, -0.25) is 0 Å². The Morgan fingerprint density at radius 1 is 0.974 bits per heavy atom. The molecule has 12 heteroatoms. The molecule has 0 amide bonds. The fourth-order valence-electron chi connectivity index (χ4n) is 2.43. The van der Waals surface area contributed by atoms with Gasteiger partial charge in [-0.15, -0.1) is 0 Å². The second-order valence-corrected chi connectivity index (χ2v) is 11.3. The van der Waals surface area contributed by atoms with Crippen LogP contribution in [0.5, 0.6) is 11.5 Å². The molecule has 0 spiro atoms. The summed E-state index contributed by atoms with van der Waals surface area (Å²) in [5, 5.41) is 0.950. The van der Waals surface area contributed by atoms with Gasteiger partial charge in [0, 0.05) is 21.3 Å². The van der Waals surface area contributed by atoms with Gasteiger partial charge in [0.05, 0.1) is 40.5 Å². The Kier molecular flexibility index (Phi) is 11.4. The maximum Gasteiger partial charge on any atom is 0.170 e. The van der Waals surface area contributed by atoms with Gasteiger partial charge in [0.15, 0.2) is 9.84 Å². The van der Waals surface area contributed by atoms with Crippen molar-refractivity contribution >= 4 is 25.4 Å². The quantitative estimate of drug-likeness (QED) is 0.376. The van der Waals surface area contributed by atoms with Gasteiger partial charge < -0.3 is 32.4 Å². The lowest BCUT2D eigenvalue weighted by Gasteiger charge is -2.13. The van der Waals surface area contributed by atoms with Crippen LogP contribution in [-0.2, 0) is 19.7 Å². The summed E-state index contributed by atoms with van der Waals surface area (Å²) in [6.45, 7) is 8.44. The summed E-state index contributed by atoms with van der Waals surface area (Å²) in [5.74, 6) is 0.218. The van der Waals surface area contributed by atoms with E-state index in [0.717, 1.165) is 24.8 Å². The van der Waals surface area contributed by atoms with E-state index in [1.54, 1.807) is 13.0 Å². The Balaban J connectivity index is 0. The van der Waals surface area contributed by atoms with Crippen molar-refractivity contribution < 1.29 is 38.6 Å². The highest BCUT2D eigenvalue weighted by Crippen LogP contribution is 2.22. The minimum Gasteiger partial charge on any atom is -0.496 e. The molecule has 10 nitrogen and oxygen atoms in total. The van der Waals surface area contributed by atoms with Crippen molar-refractivity contribution in [3.63, 3.8) is 0 Å². The SMILES string of the molecule is CCN.CCN.[2H]C([2H])([2H])Oc1ccc(/C(N)=C/S(C)(=O)=O)cc1C.[2H]C([2H])([2H])Oc1ccc([C@]([2H])(N)C([2H])([2H])S(C)(=O)=O)cc1C. The predicted octanol–water partition coefficient (Wildman–Crippen LogP) is 2.28. The van der Waals surface area contributed by atoms with Crippen LogP contribution in [0, 0.1) is 13.8 Å². The molecule has 0 bridgehead atoms. The number of methoxy groups -OCH3 is 2. The lowest BCUT2D eigenvalue weighted by molar-refractivity contribution is 0.411. The van der Waals surface area contributed by atoms with Crippen molar-refractivity contribution in [1.29, 1.82) is 0 Å². The van der Waals surface area contributed by atoms with Crippen LogP contribution in [0.4, 0.5) is 0 Å². The number of benzene rings is 2. The Morgan fingerprint density at radius 3 is 1.79 bits per heavy atom. The Morgan fingerprint density at radius 2 is 1.42 bits per heavy atom. The number of rotatable bonds is 7. The first kappa shape index (κ1) is 23.3. The third kappa shape index (κ3) is 17.0. The maximum absolute atomic E-state index is 11.5. The maximum atomic E-state index is 11.5. The van der Waals surface area contributed by atoms with Crippen LogP contribution < -0.4 is 32.4 Å². The summed E-state index contributed by atoms with van der Waals surface area (Å²) in [6, 6.07) is 5.57. The van der Waals surface area contributed by atoms with E-state index in [4.69, 9.17) is 44.7 Å². The second kappa shape index (κ2) is 18.6. The third-order valence-electron chi connectivity index (χ3n) is 3.85. The van der Waals surface area contributed by atoms with Gasteiger partial charge in [-0.1, -0.05) is 26.0 Å². The molecular weight excluding hydrogens is 528 g/mol. The van der Waals surface area contributed by atoms with Crippen LogP contribution in [0.3, 0.4) is 0 Å². The molecule has 218 valence electrons. The normalized spacial score (nSPS) is 17.3. The fraction of sp³-hybridized carbons (Fsp3) is 0.462. The Hall–Kier alpha value is -2.64. The number of sulfone groups is 2. The highest BCUT2D eigenvalue weighted by atomic mass is 32.2. The molecule has 38 heavy (non-hydrogen) atoms. The van der Waals surface area contributed by atoms with Crippen molar-refractivity contribution in [1.82, 2.24) is 0 Å². The molecule has 0 radical (unpaired) electrons. The molecule has 0 aliphatic rings. The first-order valence-corrected chi connectivity index (χ1v) is 14.9. The van der Waals surface area contributed by atoms with E-state index in [1.165, 1.54) is 37.3 Å². The van der Waals surface area contributed by atoms with Crippen LogP contribution in [0.2, 0.25) is 0 Å². The summed E-state index contributed by atoms with van der Waals surface area (Å²) < 4.78 is 120. The number of ether oxygens (including phenoxy) is 2. The van der Waals surface area contributed by atoms with Crippen molar-refractivity contribution in [3.8, 4) is 11.5 Å². The monoisotopic (exact) mass is 583 g/mol. The molecule has 0 aliphatic heterocycles. The van der Waals surface area contributed by atoms with E-state index in [9.17, 15) is 16.8 Å². The average molecular weight is 584 g/mol.